The Morgan fingerprint density at radius 1 is 0.943 bits per heavy atom. The van der Waals surface area contributed by atoms with Crippen LogP contribution in [0.15, 0.2) is 54.6 Å². The molecule has 2 aromatic carbocycles. The minimum atomic E-state index is -0.0324. The Kier molecular flexibility index (Phi) is 11.1. The lowest BCUT2D eigenvalue weighted by atomic mass is 9.91. The van der Waals surface area contributed by atoms with Crippen LogP contribution in [0.5, 0.6) is 11.5 Å². The van der Waals surface area contributed by atoms with Crippen LogP contribution in [-0.2, 0) is 4.79 Å². The summed E-state index contributed by atoms with van der Waals surface area (Å²) in [4.78, 5) is 26.9. The monoisotopic (exact) mass is 480 g/mol. The van der Waals surface area contributed by atoms with E-state index in [2.05, 4.69) is 15.5 Å². The van der Waals surface area contributed by atoms with E-state index < -0.39 is 0 Å². The van der Waals surface area contributed by atoms with E-state index in [4.69, 9.17) is 4.74 Å². The van der Waals surface area contributed by atoms with Gasteiger partial charge in [-0.1, -0.05) is 38.5 Å². The number of hydrogen-bond acceptors (Lipinski definition) is 5. The number of amides is 2. The highest BCUT2D eigenvalue weighted by atomic mass is 16.5. The van der Waals surface area contributed by atoms with Crippen molar-refractivity contribution in [2.24, 2.45) is 0 Å². The highest BCUT2D eigenvalue weighted by Crippen LogP contribution is 2.25. The normalized spacial score (nSPS) is 19.8. The molecule has 1 atom stereocenters. The number of para-hydroxylation sites is 1. The van der Waals surface area contributed by atoms with Gasteiger partial charge < -0.3 is 20.3 Å². The maximum absolute atomic E-state index is 12.1. The van der Waals surface area contributed by atoms with Gasteiger partial charge in [-0.2, -0.15) is 0 Å². The molecule has 2 saturated heterocycles. The van der Waals surface area contributed by atoms with Crippen molar-refractivity contribution in [2.75, 3.05) is 39.3 Å². The molecule has 0 bridgehead atoms. The minimum absolute atomic E-state index is 0.0324. The molecule has 2 N–H and O–H groups in total. The van der Waals surface area contributed by atoms with Crippen molar-refractivity contribution in [3.8, 4) is 11.5 Å². The van der Waals surface area contributed by atoms with Crippen molar-refractivity contribution in [1.29, 1.82) is 0 Å². The van der Waals surface area contributed by atoms with E-state index >= 15 is 0 Å². The fourth-order valence-electron chi connectivity index (χ4n) is 4.31. The predicted octanol–water partition coefficient (Wildman–Crippen LogP) is 3.91. The fourth-order valence-corrected chi connectivity index (χ4v) is 4.31. The quantitative estimate of drug-likeness (QED) is 0.614. The molecular formula is C28H40N4O3. The molecule has 35 heavy (non-hydrogen) atoms. The van der Waals surface area contributed by atoms with Crippen LogP contribution in [0, 0.1) is 0 Å². The lowest BCUT2D eigenvalue weighted by molar-refractivity contribution is -0.120. The summed E-state index contributed by atoms with van der Waals surface area (Å²) in [6, 6.07) is 17.9. The summed E-state index contributed by atoms with van der Waals surface area (Å²) >= 11 is 0. The predicted molar refractivity (Wildman–Crippen MR) is 140 cm³/mol. The van der Waals surface area contributed by atoms with Gasteiger partial charge in [-0.05, 0) is 62.2 Å². The zero-order valence-electron chi connectivity index (χ0n) is 21.1. The fraction of sp³-hybridized carbons (Fsp3) is 0.500. The molecule has 1 unspecified atom stereocenters. The Balaban J connectivity index is 0.000000207. The molecule has 3 fully saturated rings. The third-order valence-corrected chi connectivity index (χ3v) is 6.58. The number of ether oxygens (including phenoxy) is 1. The molecule has 7 nitrogen and oxygen atoms in total. The van der Waals surface area contributed by atoms with Crippen molar-refractivity contribution in [1.82, 2.24) is 20.4 Å². The smallest absolute Gasteiger partial charge is 0.251 e. The SMILES string of the molecule is CC.O=C(NC1CCNC1)c1ccc(Oc2ccccc2)cc1.O=CN1CCN(C2CCC2)CC1. The van der Waals surface area contributed by atoms with Crippen LogP contribution < -0.4 is 15.4 Å². The maximum Gasteiger partial charge on any atom is 0.251 e. The van der Waals surface area contributed by atoms with E-state index in [0.717, 1.165) is 69.6 Å². The van der Waals surface area contributed by atoms with Crippen LogP contribution >= 0.6 is 0 Å². The first kappa shape index (κ1) is 26.7. The number of hydrogen-bond donors (Lipinski definition) is 2. The van der Waals surface area contributed by atoms with Gasteiger partial charge in [-0.15, -0.1) is 0 Å². The molecule has 7 heteroatoms. The van der Waals surface area contributed by atoms with Crippen LogP contribution in [0.1, 0.15) is 49.9 Å². The lowest BCUT2D eigenvalue weighted by Gasteiger charge is -2.42. The molecule has 190 valence electrons. The van der Waals surface area contributed by atoms with E-state index in [9.17, 15) is 9.59 Å². The van der Waals surface area contributed by atoms with Gasteiger partial charge in [-0.25, -0.2) is 0 Å². The van der Waals surface area contributed by atoms with Crippen LogP contribution in [0.3, 0.4) is 0 Å². The highest BCUT2D eigenvalue weighted by Gasteiger charge is 2.27. The summed E-state index contributed by atoms with van der Waals surface area (Å²) in [5.74, 6) is 1.47. The zero-order valence-corrected chi connectivity index (χ0v) is 21.1. The van der Waals surface area contributed by atoms with E-state index in [1.54, 1.807) is 12.1 Å². The molecule has 2 amide bonds. The molecule has 0 aromatic heterocycles. The van der Waals surface area contributed by atoms with Crippen molar-refractivity contribution in [3.63, 3.8) is 0 Å². The molecule has 1 saturated carbocycles. The zero-order chi connectivity index (χ0) is 24.9. The molecule has 0 spiro atoms. The first-order valence-corrected chi connectivity index (χ1v) is 13.0. The molecule has 3 aliphatic rings. The topological polar surface area (TPSA) is 73.9 Å². The van der Waals surface area contributed by atoms with Gasteiger partial charge in [0.1, 0.15) is 11.5 Å². The van der Waals surface area contributed by atoms with Gasteiger partial charge in [0.05, 0.1) is 0 Å². The molecule has 0 radical (unpaired) electrons. The van der Waals surface area contributed by atoms with Gasteiger partial charge in [0.15, 0.2) is 0 Å². The van der Waals surface area contributed by atoms with Gasteiger partial charge in [-0.3, -0.25) is 14.5 Å². The molecule has 2 heterocycles. The summed E-state index contributed by atoms with van der Waals surface area (Å²) in [7, 11) is 0. The maximum atomic E-state index is 12.1. The van der Waals surface area contributed by atoms with Crippen molar-refractivity contribution >= 4 is 12.3 Å². The van der Waals surface area contributed by atoms with E-state index in [-0.39, 0.29) is 11.9 Å². The summed E-state index contributed by atoms with van der Waals surface area (Å²) in [5.41, 5.74) is 0.655. The number of benzene rings is 2. The Bertz CT molecular complexity index is 873. The van der Waals surface area contributed by atoms with Crippen LogP contribution in [0.25, 0.3) is 0 Å². The van der Waals surface area contributed by atoms with Gasteiger partial charge in [0, 0.05) is 50.4 Å². The first-order valence-electron chi connectivity index (χ1n) is 13.0. The lowest BCUT2D eigenvalue weighted by Crippen LogP contribution is -2.51. The van der Waals surface area contributed by atoms with Gasteiger partial charge in [0.2, 0.25) is 6.41 Å². The average molecular weight is 481 g/mol. The number of carbonyl (C=O) groups excluding carboxylic acids is 2. The number of carbonyl (C=O) groups is 2. The number of piperazine rings is 1. The summed E-state index contributed by atoms with van der Waals surface area (Å²) in [6.07, 6.45) is 6.11. The highest BCUT2D eigenvalue weighted by molar-refractivity contribution is 5.94. The second kappa shape index (κ2) is 14.5. The molecule has 2 aromatic rings. The van der Waals surface area contributed by atoms with Gasteiger partial charge in [0.25, 0.3) is 5.91 Å². The second-order valence-corrected chi connectivity index (χ2v) is 8.86. The van der Waals surface area contributed by atoms with Crippen LogP contribution in [0.4, 0.5) is 0 Å². The Hall–Kier alpha value is -2.90. The number of nitrogens with one attached hydrogen (secondary N) is 2. The second-order valence-electron chi connectivity index (χ2n) is 8.86. The van der Waals surface area contributed by atoms with Crippen molar-refractivity contribution < 1.29 is 14.3 Å². The molecule has 2 aliphatic heterocycles. The van der Waals surface area contributed by atoms with E-state index in [1.165, 1.54) is 19.3 Å². The average Bonchev–Trinajstić information content (AvgIpc) is 3.39. The van der Waals surface area contributed by atoms with Crippen LogP contribution in [0.2, 0.25) is 0 Å². The van der Waals surface area contributed by atoms with E-state index in [1.807, 2.05) is 61.2 Å². The third kappa shape index (κ3) is 8.37. The van der Waals surface area contributed by atoms with Gasteiger partial charge >= 0.3 is 0 Å². The molecule has 1 aliphatic carbocycles. The summed E-state index contributed by atoms with van der Waals surface area (Å²) in [6.45, 7) is 9.85. The number of nitrogens with zero attached hydrogens (tertiary/aromatic N) is 2. The third-order valence-electron chi connectivity index (χ3n) is 6.58. The number of rotatable bonds is 6. The first-order chi connectivity index (χ1) is 17.2. The molecule has 5 rings (SSSR count). The van der Waals surface area contributed by atoms with E-state index in [0.29, 0.717) is 5.56 Å². The van der Waals surface area contributed by atoms with Crippen LogP contribution in [-0.4, -0.2) is 73.5 Å². The molecular weight excluding hydrogens is 440 g/mol. The Morgan fingerprint density at radius 2 is 1.60 bits per heavy atom. The minimum Gasteiger partial charge on any atom is -0.457 e. The summed E-state index contributed by atoms with van der Waals surface area (Å²) in [5, 5.41) is 6.25. The van der Waals surface area contributed by atoms with Crippen molar-refractivity contribution in [2.45, 2.75) is 51.6 Å². The Labute approximate surface area is 209 Å². The van der Waals surface area contributed by atoms with Crippen molar-refractivity contribution in [3.05, 3.63) is 60.2 Å². The standard InChI is InChI=1S/C17H18N2O2.C9H16N2O.C2H6/c20-17(19-14-10-11-18-12-14)13-6-8-16(9-7-13)21-15-4-2-1-3-5-15;12-8-10-4-6-11(7-5-10)9-2-1-3-9;1-2/h1-9,14,18H,10-12H2,(H,19,20);8-9H,1-7H2;1-2H3. The summed E-state index contributed by atoms with van der Waals surface area (Å²) < 4.78 is 5.70. The Morgan fingerprint density at radius 3 is 2.14 bits per heavy atom. The largest absolute Gasteiger partial charge is 0.457 e.